The van der Waals surface area contributed by atoms with Crippen LogP contribution in [0.2, 0.25) is 0 Å². The van der Waals surface area contributed by atoms with Crippen LogP contribution in [0, 0.1) is 5.92 Å². The van der Waals surface area contributed by atoms with Gasteiger partial charge in [-0.15, -0.1) is 0 Å². The molecule has 2 unspecified atom stereocenters. The summed E-state index contributed by atoms with van der Waals surface area (Å²) in [6, 6.07) is 2.69. The Labute approximate surface area is 156 Å². The van der Waals surface area contributed by atoms with Gasteiger partial charge in [0.15, 0.2) is 5.78 Å². The number of rotatable bonds is 2. The highest BCUT2D eigenvalue weighted by atomic mass is 16.3. The third-order valence-electron chi connectivity index (χ3n) is 5.07. The molecule has 1 aromatic carbocycles. The minimum atomic E-state index is -0.838. The summed E-state index contributed by atoms with van der Waals surface area (Å²) < 4.78 is 0. The Morgan fingerprint density at radius 2 is 1.62 bits per heavy atom. The molecule has 1 amide bonds. The van der Waals surface area contributed by atoms with Crippen LogP contribution in [0.1, 0.15) is 75.9 Å². The molecular formula is C21H32N2O3. The Kier molecular flexibility index (Phi) is 5.52. The van der Waals surface area contributed by atoms with Gasteiger partial charge in [-0.25, -0.2) is 0 Å². The summed E-state index contributed by atoms with van der Waals surface area (Å²) in [7, 11) is 0. The molecule has 1 aliphatic rings. The molecule has 1 aliphatic heterocycles. The van der Waals surface area contributed by atoms with E-state index >= 15 is 0 Å². The fourth-order valence-electron chi connectivity index (χ4n) is 3.44. The van der Waals surface area contributed by atoms with Gasteiger partial charge >= 0.3 is 0 Å². The van der Waals surface area contributed by atoms with Crippen molar-refractivity contribution in [1.82, 2.24) is 5.32 Å². The average Bonchev–Trinajstić information content (AvgIpc) is 2.67. The molecule has 2 atom stereocenters. The summed E-state index contributed by atoms with van der Waals surface area (Å²) in [6.45, 7) is 12.6. The second-order valence-electron chi connectivity index (χ2n) is 9.35. The smallest absolute Gasteiger partial charge is 0.237 e. The summed E-state index contributed by atoms with van der Waals surface area (Å²) >= 11 is 0. The fourth-order valence-corrected chi connectivity index (χ4v) is 3.44. The third-order valence-corrected chi connectivity index (χ3v) is 5.07. The van der Waals surface area contributed by atoms with E-state index < -0.39 is 12.0 Å². The maximum atomic E-state index is 13.2. The largest absolute Gasteiger partial charge is 0.507 e. The van der Waals surface area contributed by atoms with Gasteiger partial charge < -0.3 is 16.2 Å². The minimum Gasteiger partial charge on any atom is -0.507 e. The third kappa shape index (κ3) is 4.09. The second kappa shape index (κ2) is 7.03. The molecule has 0 aliphatic carbocycles. The zero-order chi connectivity index (χ0) is 19.9. The number of nitrogens with one attached hydrogen (secondary N) is 1. The highest BCUT2D eigenvalue weighted by Gasteiger charge is 2.35. The van der Waals surface area contributed by atoms with E-state index in [1.807, 2.05) is 41.5 Å². The highest BCUT2D eigenvalue weighted by molar-refractivity contribution is 6.02. The second-order valence-corrected chi connectivity index (χ2v) is 9.35. The monoisotopic (exact) mass is 360 g/mol. The maximum Gasteiger partial charge on any atom is 0.237 e. The number of carbonyl (C=O) groups is 2. The SMILES string of the molecule is CC(C)(C)c1cc(C(=O)C2CCCNC(=O)C2N)cc(C(C)(C)C)c1O. The van der Waals surface area contributed by atoms with E-state index in [-0.39, 0.29) is 28.3 Å². The van der Waals surface area contributed by atoms with E-state index in [0.717, 1.165) is 17.5 Å². The molecule has 1 saturated heterocycles. The van der Waals surface area contributed by atoms with Crippen molar-refractivity contribution >= 4 is 11.7 Å². The van der Waals surface area contributed by atoms with Gasteiger partial charge in [0, 0.05) is 29.2 Å². The number of nitrogens with two attached hydrogens (primary N) is 1. The number of Topliss-reactive ketones (excluding diaryl/α,β-unsaturated/α-hetero) is 1. The van der Waals surface area contributed by atoms with Crippen LogP contribution in [0.3, 0.4) is 0 Å². The van der Waals surface area contributed by atoms with Gasteiger partial charge in [-0.2, -0.15) is 0 Å². The predicted octanol–water partition coefficient (Wildman–Crippen LogP) is 3.02. The average molecular weight is 360 g/mol. The van der Waals surface area contributed by atoms with Crippen LogP contribution in [-0.2, 0) is 15.6 Å². The van der Waals surface area contributed by atoms with E-state index in [0.29, 0.717) is 18.5 Å². The van der Waals surface area contributed by atoms with Crippen LogP contribution >= 0.6 is 0 Å². The van der Waals surface area contributed by atoms with Gasteiger partial charge in [0.05, 0.1) is 6.04 Å². The Balaban J connectivity index is 2.58. The minimum absolute atomic E-state index is 0.120. The first-order valence-corrected chi connectivity index (χ1v) is 9.29. The summed E-state index contributed by atoms with van der Waals surface area (Å²) in [6.07, 6.45) is 1.31. The van der Waals surface area contributed by atoms with Crippen LogP contribution in [0.4, 0.5) is 0 Å². The molecule has 5 heteroatoms. The zero-order valence-corrected chi connectivity index (χ0v) is 16.8. The summed E-state index contributed by atoms with van der Waals surface area (Å²) in [5.41, 5.74) is 7.42. The number of hydrogen-bond acceptors (Lipinski definition) is 4. The Morgan fingerprint density at radius 1 is 1.12 bits per heavy atom. The van der Waals surface area contributed by atoms with E-state index in [4.69, 9.17) is 5.73 Å². The molecule has 144 valence electrons. The lowest BCUT2D eigenvalue weighted by Gasteiger charge is -2.29. The molecule has 1 aromatic rings. The van der Waals surface area contributed by atoms with Crippen molar-refractivity contribution in [3.8, 4) is 5.75 Å². The number of ketones is 1. The van der Waals surface area contributed by atoms with Gasteiger partial charge in [-0.05, 0) is 35.8 Å². The standard InChI is InChI=1S/C21H32N2O3/c1-20(2,3)14-10-12(11-15(18(14)25)21(4,5)6)17(24)13-8-7-9-23-19(26)16(13)22/h10-11,13,16,25H,7-9,22H2,1-6H3,(H,23,26). The number of benzene rings is 1. The van der Waals surface area contributed by atoms with Crippen LogP contribution in [0.25, 0.3) is 0 Å². The van der Waals surface area contributed by atoms with Gasteiger partial charge in [-0.1, -0.05) is 41.5 Å². The maximum absolute atomic E-state index is 13.2. The molecule has 0 radical (unpaired) electrons. The van der Waals surface area contributed by atoms with Gasteiger partial charge in [0.1, 0.15) is 5.75 Å². The van der Waals surface area contributed by atoms with Crippen LogP contribution < -0.4 is 11.1 Å². The quantitative estimate of drug-likeness (QED) is 0.707. The van der Waals surface area contributed by atoms with Gasteiger partial charge in [0.25, 0.3) is 0 Å². The molecule has 0 bridgehead atoms. The molecule has 1 heterocycles. The first-order chi connectivity index (χ1) is 11.8. The predicted molar refractivity (Wildman–Crippen MR) is 104 cm³/mol. The molecule has 26 heavy (non-hydrogen) atoms. The molecule has 5 nitrogen and oxygen atoms in total. The lowest BCUT2D eigenvalue weighted by molar-refractivity contribution is -0.122. The summed E-state index contributed by atoms with van der Waals surface area (Å²) in [5, 5.41) is 13.6. The Hall–Kier alpha value is -1.88. The number of phenols is 1. The number of carbonyl (C=O) groups excluding carboxylic acids is 2. The van der Waals surface area contributed by atoms with Gasteiger partial charge in [-0.3, -0.25) is 9.59 Å². The Morgan fingerprint density at radius 3 is 2.08 bits per heavy atom. The Bertz CT molecular complexity index is 676. The molecule has 1 fully saturated rings. The van der Waals surface area contributed by atoms with Crippen molar-refractivity contribution in [1.29, 1.82) is 0 Å². The summed E-state index contributed by atoms with van der Waals surface area (Å²) in [4.78, 5) is 25.3. The molecule has 4 N–H and O–H groups in total. The van der Waals surface area contributed by atoms with E-state index in [1.54, 1.807) is 12.1 Å². The molecule has 0 saturated carbocycles. The molecule has 0 spiro atoms. The lowest BCUT2D eigenvalue weighted by Crippen LogP contribution is -2.46. The normalized spacial score (nSPS) is 21.9. The van der Waals surface area contributed by atoms with Crippen LogP contribution in [0.5, 0.6) is 5.75 Å². The van der Waals surface area contributed by atoms with E-state index in [1.165, 1.54) is 0 Å². The van der Waals surface area contributed by atoms with Crippen molar-refractivity contribution in [2.75, 3.05) is 6.54 Å². The van der Waals surface area contributed by atoms with Crippen molar-refractivity contribution in [3.05, 3.63) is 28.8 Å². The summed E-state index contributed by atoms with van der Waals surface area (Å²) in [5.74, 6) is -0.690. The van der Waals surface area contributed by atoms with Crippen LogP contribution in [-0.4, -0.2) is 29.4 Å². The lowest BCUT2D eigenvalue weighted by atomic mass is 9.76. The number of phenolic OH excluding ortho intramolecular Hbond substituents is 1. The van der Waals surface area contributed by atoms with Gasteiger partial charge in [0.2, 0.25) is 5.91 Å². The van der Waals surface area contributed by atoms with Crippen molar-refractivity contribution in [2.24, 2.45) is 11.7 Å². The number of aromatic hydroxyl groups is 1. The number of hydrogen-bond donors (Lipinski definition) is 3. The fraction of sp³-hybridized carbons (Fsp3) is 0.619. The van der Waals surface area contributed by atoms with E-state index in [9.17, 15) is 14.7 Å². The van der Waals surface area contributed by atoms with Crippen molar-refractivity contribution in [2.45, 2.75) is 71.3 Å². The van der Waals surface area contributed by atoms with Crippen molar-refractivity contribution < 1.29 is 14.7 Å². The van der Waals surface area contributed by atoms with Crippen molar-refractivity contribution in [3.63, 3.8) is 0 Å². The van der Waals surface area contributed by atoms with Crippen LogP contribution in [0.15, 0.2) is 12.1 Å². The van der Waals surface area contributed by atoms with E-state index in [2.05, 4.69) is 5.32 Å². The molecule has 2 rings (SSSR count). The highest BCUT2D eigenvalue weighted by Crippen LogP contribution is 2.40. The topological polar surface area (TPSA) is 92.4 Å². The molecule has 0 aromatic heterocycles. The number of amides is 1. The first kappa shape index (κ1) is 20.4. The zero-order valence-electron chi connectivity index (χ0n) is 16.8. The first-order valence-electron chi connectivity index (χ1n) is 9.29. The molecular weight excluding hydrogens is 328 g/mol.